The van der Waals surface area contributed by atoms with E-state index in [1.54, 1.807) is 0 Å². The number of benzene rings is 1. The van der Waals surface area contributed by atoms with Gasteiger partial charge in [-0.15, -0.1) is 0 Å². The Balaban J connectivity index is 3.14. The highest BCUT2D eigenvalue weighted by atomic mass is 19.1. The molecule has 12 heavy (non-hydrogen) atoms. The molecule has 4 heteroatoms. The molecule has 0 spiro atoms. The van der Waals surface area contributed by atoms with E-state index in [1.807, 2.05) is 0 Å². The van der Waals surface area contributed by atoms with Crippen molar-refractivity contribution in [3.63, 3.8) is 0 Å². The van der Waals surface area contributed by atoms with Crippen LogP contribution in [0.5, 0.6) is 5.75 Å². The van der Waals surface area contributed by atoms with Crippen molar-refractivity contribution in [3.8, 4) is 5.75 Å². The summed E-state index contributed by atoms with van der Waals surface area (Å²) in [7, 11) is 0. The van der Waals surface area contributed by atoms with E-state index in [-0.39, 0.29) is 18.5 Å². The van der Waals surface area contributed by atoms with E-state index in [0.717, 1.165) is 12.1 Å². The Morgan fingerprint density at radius 2 is 2.00 bits per heavy atom. The quantitative estimate of drug-likeness (QED) is 0.705. The molecule has 0 saturated heterocycles. The Kier molecular flexibility index (Phi) is 2.60. The second-order valence-electron chi connectivity index (χ2n) is 2.40. The van der Waals surface area contributed by atoms with E-state index in [2.05, 4.69) is 0 Å². The number of halogens is 2. The minimum absolute atomic E-state index is 0.0894. The van der Waals surface area contributed by atoms with Gasteiger partial charge in [-0.05, 0) is 25.1 Å². The molecular formula is C8H9F2NO. The van der Waals surface area contributed by atoms with E-state index in [9.17, 15) is 8.78 Å². The second-order valence-corrected chi connectivity index (χ2v) is 2.40. The van der Waals surface area contributed by atoms with Crippen LogP contribution in [0.1, 0.15) is 5.56 Å². The molecule has 0 heterocycles. The molecule has 0 atom stereocenters. The van der Waals surface area contributed by atoms with Crippen LogP contribution in [0.3, 0.4) is 0 Å². The van der Waals surface area contributed by atoms with Gasteiger partial charge in [-0.1, -0.05) is 0 Å². The lowest BCUT2D eigenvalue weighted by atomic mass is 10.1. The number of hydrogen-bond donors (Lipinski definition) is 2. The number of rotatable bonds is 2. The Morgan fingerprint density at radius 1 is 1.33 bits per heavy atom. The molecule has 0 radical (unpaired) electrons. The fraction of sp³-hybridized carbons (Fsp3) is 0.250. The van der Waals surface area contributed by atoms with Crippen LogP contribution in [0.4, 0.5) is 8.78 Å². The van der Waals surface area contributed by atoms with Crippen molar-refractivity contribution >= 4 is 0 Å². The van der Waals surface area contributed by atoms with E-state index in [1.165, 1.54) is 0 Å². The first-order valence-corrected chi connectivity index (χ1v) is 3.52. The topological polar surface area (TPSA) is 46.2 Å². The van der Waals surface area contributed by atoms with Crippen molar-refractivity contribution in [2.24, 2.45) is 5.73 Å². The highest BCUT2D eigenvalue weighted by Crippen LogP contribution is 2.21. The number of phenolic OH excluding ortho intramolecular Hbond substituents is 1. The van der Waals surface area contributed by atoms with Crippen molar-refractivity contribution in [2.75, 3.05) is 6.54 Å². The molecule has 0 aliphatic heterocycles. The molecule has 0 aromatic heterocycles. The SMILES string of the molecule is NCCc1c(F)ccc(O)c1F. The summed E-state index contributed by atoms with van der Waals surface area (Å²) in [6.45, 7) is 0.150. The molecule has 1 rings (SSSR count). The van der Waals surface area contributed by atoms with Gasteiger partial charge in [-0.2, -0.15) is 0 Å². The molecule has 0 bridgehead atoms. The van der Waals surface area contributed by atoms with Crippen LogP contribution < -0.4 is 5.73 Å². The largest absolute Gasteiger partial charge is 0.505 e. The fourth-order valence-electron chi connectivity index (χ4n) is 0.959. The first kappa shape index (κ1) is 8.93. The molecule has 1 aromatic rings. The van der Waals surface area contributed by atoms with E-state index in [4.69, 9.17) is 10.8 Å². The fourth-order valence-corrected chi connectivity index (χ4v) is 0.959. The maximum Gasteiger partial charge on any atom is 0.170 e. The maximum atomic E-state index is 12.9. The van der Waals surface area contributed by atoms with Crippen LogP contribution in [0.2, 0.25) is 0 Å². The molecule has 66 valence electrons. The molecule has 0 saturated carbocycles. The molecule has 1 aromatic carbocycles. The van der Waals surface area contributed by atoms with E-state index >= 15 is 0 Å². The van der Waals surface area contributed by atoms with Gasteiger partial charge in [0, 0.05) is 5.56 Å². The first-order chi connectivity index (χ1) is 5.66. The third kappa shape index (κ3) is 1.53. The van der Waals surface area contributed by atoms with Crippen molar-refractivity contribution < 1.29 is 13.9 Å². The van der Waals surface area contributed by atoms with Crippen LogP contribution in [-0.4, -0.2) is 11.7 Å². The van der Waals surface area contributed by atoms with Gasteiger partial charge in [-0.3, -0.25) is 0 Å². The van der Waals surface area contributed by atoms with Crippen LogP contribution in [-0.2, 0) is 6.42 Å². The third-order valence-electron chi connectivity index (χ3n) is 1.56. The maximum absolute atomic E-state index is 12.9. The Morgan fingerprint density at radius 3 is 2.58 bits per heavy atom. The van der Waals surface area contributed by atoms with Gasteiger partial charge in [0.25, 0.3) is 0 Å². The molecule has 3 N–H and O–H groups in total. The van der Waals surface area contributed by atoms with Crippen molar-refractivity contribution in [1.82, 2.24) is 0 Å². The minimum Gasteiger partial charge on any atom is -0.505 e. The zero-order valence-corrected chi connectivity index (χ0v) is 6.35. The van der Waals surface area contributed by atoms with Gasteiger partial charge in [-0.25, -0.2) is 8.78 Å². The number of nitrogens with two attached hydrogens (primary N) is 1. The summed E-state index contributed by atoms with van der Waals surface area (Å²) >= 11 is 0. The standard InChI is InChI=1S/C8H9F2NO/c9-6-1-2-7(12)8(10)5(6)3-4-11/h1-2,12H,3-4,11H2. The average Bonchev–Trinajstić information content (AvgIpc) is 2.06. The third-order valence-corrected chi connectivity index (χ3v) is 1.56. The summed E-state index contributed by atoms with van der Waals surface area (Å²) in [6, 6.07) is 1.99. The predicted octanol–water partition coefficient (Wildman–Crippen LogP) is 1.17. The normalized spacial score (nSPS) is 10.2. The van der Waals surface area contributed by atoms with E-state index in [0.29, 0.717) is 0 Å². The molecule has 0 unspecified atom stereocenters. The molecule has 0 amide bonds. The van der Waals surface area contributed by atoms with Gasteiger partial charge in [0.05, 0.1) is 0 Å². The van der Waals surface area contributed by atoms with Crippen molar-refractivity contribution in [2.45, 2.75) is 6.42 Å². The van der Waals surface area contributed by atoms with Crippen LogP contribution in [0.15, 0.2) is 12.1 Å². The smallest absolute Gasteiger partial charge is 0.170 e. The predicted molar refractivity (Wildman–Crippen MR) is 40.8 cm³/mol. The Bertz CT molecular complexity index is 289. The van der Waals surface area contributed by atoms with Gasteiger partial charge in [0.1, 0.15) is 5.82 Å². The van der Waals surface area contributed by atoms with Crippen molar-refractivity contribution in [1.29, 1.82) is 0 Å². The number of aromatic hydroxyl groups is 1. The van der Waals surface area contributed by atoms with Crippen LogP contribution in [0.25, 0.3) is 0 Å². The monoisotopic (exact) mass is 173 g/mol. The van der Waals surface area contributed by atoms with Gasteiger partial charge in [0.2, 0.25) is 0 Å². The molecule has 0 fully saturated rings. The summed E-state index contributed by atoms with van der Waals surface area (Å²) in [4.78, 5) is 0. The van der Waals surface area contributed by atoms with Crippen LogP contribution >= 0.6 is 0 Å². The Hall–Kier alpha value is -1.16. The lowest BCUT2D eigenvalue weighted by molar-refractivity contribution is 0.422. The van der Waals surface area contributed by atoms with Crippen molar-refractivity contribution in [3.05, 3.63) is 29.3 Å². The first-order valence-electron chi connectivity index (χ1n) is 3.52. The number of phenols is 1. The van der Waals surface area contributed by atoms with Crippen LogP contribution in [0, 0.1) is 11.6 Å². The zero-order valence-electron chi connectivity index (χ0n) is 6.35. The molecule has 0 aliphatic rings. The average molecular weight is 173 g/mol. The lowest BCUT2D eigenvalue weighted by Crippen LogP contribution is -2.06. The highest BCUT2D eigenvalue weighted by Gasteiger charge is 2.11. The summed E-state index contributed by atoms with van der Waals surface area (Å²) in [5, 5.41) is 8.87. The Labute approximate surface area is 68.6 Å². The minimum atomic E-state index is -0.916. The van der Waals surface area contributed by atoms with Gasteiger partial charge in [0.15, 0.2) is 11.6 Å². The lowest BCUT2D eigenvalue weighted by Gasteiger charge is -2.03. The second kappa shape index (κ2) is 3.49. The number of hydrogen-bond acceptors (Lipinski definition) is 2. The van der Waals surface area contributed by atoms with Gasteiger partial charge >= 0.3 is 0 Å². The summed E-state index contributed by atoms with van der Waals surface area (Å²) in [5.41, 5.74) is 4.98. The van der Waals surface area contributed by atoms with Gasteiger partial charge < -0.3 is 10.8 Å². The zero-order chi connectivity index (χ0) is 9.14. The molecular weight excluding hydrogens is 164 g/mol. The highest BCUT2D eigenvalue weighted by molar-refractivity contribution is 5.31. The summed E-state index contributed by atoms with van der Waals surface area (Å²) in [6.07, 6.45) is 0.0894. The van der Waals surface area contributed by atoms with E-state index < -0.39 is 17.4 Å². The molecule has 0 aliphatic carbocycles. The molecule has 2 nitrogen and oxygen atoms in total. The summed E-state index contributed by atoms with van der Waals surface area (Å²) in [5.74, 6) is -2.13. The summed E-state index contributed by atoms with van der Waals surface area (Å²) < 4.78 is 25.7.